The molecule has 1 aliphatic heterocycles. The lowest BCUT2D eigenvalue weighted by Crippen LogP contribution is -2.27. The van der Waals surface area contributed by atoms with Crippen LogP contribution in [0.4, 0.5) is 24.5 Å². The fourth-order valence-electron chi connectivity index (χ4n) is 4.20. The van der Waals surface area contributed by atoms with Gasteiger partial charge in [-0.15, -0.1) is 0 Å². The highest BCUT2D eigenvalue weighted by Gasteiger charge is 2.31. The molecule has 2 amide bonds. The Labute approximate surface area is 241 Å². The third kappa shape index (κ3) is 9.66. The average molecular weight is 590 g/mol. The van der Waals surface area contributed by atoms with Gasteiger partial charge in [-0.3, -0.25) is 19.5 Å². The number of hydrogen-bond donors (Lipinski definition) is 4. The van der Waals surface area contributed by atoms with E-state index < -0.39 is 17.6 Å². The van der Waals surface area contributed by atoms with Gasteiger partial charge in [0.25, 0.3) is 5.91 Å². The topological polar surface area (TPSA) is 129 Å². The second kappa shape index (κ2) is 14.2. The van der Waals surface area contributed by atoms with E-state index in [0.717, 1.165) is 43.6 Å². The van der Waals surface area contributed by atoms with Gasteiger partial charge >= 0.3 is 6.18 Å². The van der Waals surface area contributed by atoms with E-state index in [2.05, 4.69) is 20.5 Å². The number of rotatable bonds is 8. The van der Waals surface area contributed by atoms with E-state index in [1.807, 2.05) is 0 Å². The van der Waals surface area contributed by atoms with Gasteiger partial charge in [-0.1, -0.05) is 17.8 Å². The van der Waals surface area contributed by atoms with Crippen LogP contribution in [0.1, 0.15) is 46.8 Å². The lowest BCUT2D eigenvalue weighted by molar-refractivity contribution is -0.137. The van der Waals surface area contributed by atoms with Gasteiger partial charge in [-0.25, -0.2) is 10.8 Å². The van der Waals surface area contributed by atoms with Crippen LogP contribution < -0.4 is 27.2 Å². The van der Waals surface area contributed by atoms with Crippen LogP contribution in [-0.4, -0.2) is 41.2 Å². The van der Waals surface area contributed by atoms with Gasteiger partial charge in [0.15, 0.2) is 5.17 Å². The first-order valence-electron chi connectivity index (χ1n) is 12.8. The molecule has 2 aromatic rings. The van der Waals surface area contributed by atoms with Gasteiger partial charge in [-0.2, -0.15) is 13.2 Å². The van der Waals surface area contributed by atoms with Crippen molar-refractivity contribution in [2.24, 2.45) is 16.6 Å². The number of alkyl halides is 3. The van der Waals surface area contributed by atoms with Crippen LogP contribution in [0.15, 0.2) is 65.6 Å². The van der Waals surface area contributed by atoms with Crippen LogP contribution in [0, 0.1) is 6.92 Å². The number of benzene rings is 2. The second-order valence-corrected chi connectivity index (χ2v) is 10.3. The molecule has 41 heavy (non-hydrogen) atoms. The number of aliphatic imine (C=N–C) groups is 1. The molecular weight excluding hydrogens is 555 g/mol. The van der Waals surface area contributed by atoms with Crippen LogP contribution >= 0.6 is 11.8 Å². The Morgan fingerprint density at radius 2 is 1.88 bits per heavy atom. The minimum Gasteiger partial charge on any atom is -0.397 e. The summed E-state index contributed by atoms with van der Waals surface area (Å²) in [7, 11) is 0. The van der Waals surface area contributed by atoms with Gasteiger partial charge in [-0.05, 0) is 86.6 Å². The molecule has 9 nitrogen and oxygen atoms in total. The summed E-state index contributed by atoms with van der Waals surface area (Å²) in [6.07, 6.45) is 3.55. The average Bonchev–Trinajstić information content (AvgIpc) is 3.40. The molecule has 13 heteroatoms. The number of aryl methyl sites for hydroxylation is 1. The number of nitrogens with zero attached hydrogens (tertiary/aromatic N) is 3. The molecule has 0 spiro atoms. The summed E-state index contributed by atoms with van der Waals surface area (Å²) in [5, 5.41) is 6.80. The molecule has 0 aliphatic carbocycles. The number of carbonyl (C=O) groups is 2. The van der Waals surface area contributed by atoms with Crippen LogP contribution in [0.2, 0.25) is 0 Å². The number of halogens is 3. The third-order valence-corrected chi connectivity index (χ3v) is 6.75. The van der Waals surface area contributed by atoms with Crippen molar-refractivity contribution in [3.8, 4) is 0 Å². The Morgan fingerprint density at radius 1 is 1.17 bits per heavy atom. The number of nitrogens with two attached hydrogens (primary N) is 2. The number of allylic oxidation sites excluding steroid dienone is 1. The van der Waals surface area contributed by atoms with Crippen molar-refractivity contribution in [1.82, 2.24) is 10.2 Å². The number of amides is 2. The Kier molecular flexibility index (Phi) is 11.0. The van der Waals surface area contributed by atoms with Gasteiger partial charge in [0, 0.05) is 37.1 Å². The minimum atomic E-state index is -4.55. The van der Waals surface area contributed by atoms with Crippen LogP contribution in [-0.2, 0) is 17.5 Å². The molecule has 0 atom stereocenters. The summed E-state index contributed by atoms with van der Waals surface area (Å²) in [6.45, 7) is 5.20. The third-order valence-electron chi connectivity index (χ3n) is 6.16. The normalized spacial score (nSPS) is 14.9. The van der Waals surface area contributed by atoms with Gasteiger partial charge < -0.3 is 16.4 Å². The smallest absolute Gasteiger partial charge is 0.397 e. The Morgan fingerprint density at radius 3 is 2.51 bits per heavy atom. The zero-order valence-corrected chi connectivity index (χ0v) is 23.9. The number of hydrazine groups is 1. The fraction of sp³-hybridized carbons (Fsp3) is 0.321. The van der Waals surface area contributed by atoms with Crippen molar-refractivity contribution < 1.29 is 22.8 Å². The molecule has 0 bridgehead atoms. The predicted molar refractivity (Wildman–Crippen MR) is 158 cm³/mol. The summed E-state index contributed by atoms with van der Waals surface area (Å²) in [5.74, 6) is 5.36. The number of anilines is 2. The van der Waals surface area contributed by atoms with Crippen molar-refractivity contribution in [3.63, 3.8) is 0 Å². The van der Waals surface area contributed by atoms with E-state index in [1.165, 1.54) is 48.2 Å². The summed E-state index contributed by atoms with van der Waals surface area (Å²) in [4.78, 5) is 30.5. The quantitative estimate of drug-likeness (QED) is 0.115. The lowest BCUT2D eigenvalue weighted by atomic mass is 10.1. The minimum absolute atomic E-state index is 0.0597. The molecular formula is C28H34F3N7O2S. The summed E-state index contributed by atoms with van der Waals surface area (Å²) < 4.78 is 40.8. The molecule has 0 radical (unpaired) electrons. The molecule has 3 rings (SSSR count). The van der Waals surface area contributed by atoms with Gasteiger partial charge in [0.05, 0.1) is 16.9 Å². The zero-order chi connectivity index (χ0) is 30.2. The number of amidine groups is 1. The molecule has 1 heterocycles. The molecule has 0 saturated carbocycles. The molecule has 1 fully saturated rings. The number of likely N-dealkylation sites (tertiary alicyclic amines) is 1. The van der Waals surface area contributed by atoms with E-state index in [-0.39, 0.29) is 22.9 Å². The Balaban J connectivity index is 1.79. The van der Waals surface area contributed by atoms with Crippen LogP contribution in [0.25, 0.3) is 0 Å². The Hall–Kier alpha value is -3.81. The summed E-state index contributed by atoms with van der Waals surface area (Å²) >= 11 is 1.25. The van der Waals surface area contributed by atoms with Crippen molar-refractivity contribution in [2.75, 3.05) is 29.7 Å². The van der Waals surface area contributed by atoms with Crippen molar-refractivity contribution >= 4 is 40.1 Å². The van der Waals surface area contributed by atoms with Crippen molar-refractivity contribution in [1.29, 1.82) is 0 Å². The highest BCUT2D eigenvalue weighted by molar-refractivity contribution is 8.13. The molecule has 0 aromatic heterocycles. The van der Waals surface area contributed by atoms with E-state index in [4.69, 9.17) is 11.6 Å². The first-order chi connectivity index (χ1) is 19.3. The maximum atomic E-state index is 13.6. The van der Waals surface area contributed by atoms with Crippen molar-refractivity contribution in [2.45, 2.75) is 39.4 Å². The van der Waals surface area contributed by atoms with E-state index in [9.17, 15) is 22.8 Å². The maximum absolute atomic E-state index is 13.6. The number of hydrogen-bond acceptors (Lipinski definition) is 8. The lowest BCUT2D eigenvalue weighted by Gasteiger charge is -2.19. The molecule has 1 aliphatic rings. The first-order valence-corrected chi connectivity index (χ1v) is 14.0. The molecule has 0 unspecified atom stereocenters. The standard InChI is InChI=1S/C28H34F3N7O2S/c1-18-6-7-21(14-25(18)38(33)17-23(32)8-9-34-27(41-3)35-19(2)39)26(40)36-24-13-20(16-37-10-4-5-11-37)12-22(15-24)28(29,30)31/h6-9,12-15,17H,4-5,10-11,16,32-33H2,1-3H3,(H,36,40)(H,34,35,39)/b9-8+,23-17-. The monoisotopic (exact) mass is 589 g/mol. The number of nitrogens with one attached hydrogen (secondary N) is 2. The SMILES string of the molecule is CSC(=N/C=C/C(N)=C/N(N)c1cc(C(=O)Nc2cc(CN3CCCC3)cc(C(F)(F)F)c2)ccc1C)NC(C)=O. The Bertz CT molecular complexity index is 1350. The number of thioether (sulfide) groups is 1. The van der Waals surface area contributed by atoms with Crippen LogP contribution in [0.5, 0.6) is 0 Å². The molecule has 6 N–H and O–H groups in total. The molecule has 1 saturated heterocycles. The predicted octanol–water partition coefficient (Wildman–Crippen LogP) is 4.71. The molecule has 2 aromatic carbocycles. The zero-order valence-electron chi connectivity index (χ0n) is 23.1. The fourth-order valence-corrected chi connectivity index (χ4v) is 4.61. The van der Waals surface area contributed by atoms with E-state index in [0.29, 0.717) is 23.0 Å². The van der Waals surface area contributed by atoms with E-state index >= 15 is 0 Å². The summed E-state index contributed by atoms with van der Waals surface area (Å²) in [6, 6.07) is 8.40. The first kappa shape index (κ1) is 31.7. The highest BCUT2D eigenvalue weighted by atomic mass is 32.2. The highest BCUT2D eigenvalue weighted by Crippen LogP contribution is 2.33. The number of carbonyl (C=O) groups excluding carboxylic acids is 2. The second-order valence-electron chi connectivity index (χ2n) is 9.53. The van der Waals surface area contributed by atoms with Crippen molar-refractivity contribution in [3.05, 3.63) is 82.8 Å². The maximum Gasteiger partial charge on any atom is 0.416 e. The van der Waals surface area contributed by atoms with Crippen LogP contribution in [0.3, 0.4) is 0 Å². The van der Waals surface area contributed by atoms with E-state index in [1.54, 1.807) is 31.4 Å². The molecule has 220 valence electrons. The van der Waals surface area contributed by atoms with Gasteiger partial charge in [0.2, 0.25) is 5.91 Å². The van der Waals surface area contributed by atoms with Gasteiger partial charge in [0.1, 0.15) is 0 Å². The largest absolute Gasteiger partial charge is 0.416 e. The summed E-state index contributed by atoms with van der Waals surface area (Å²) in [5.41, 5.74) is 7.38.